The van der Waals surface area contributed by atoms with Crippen LogP contribution in [0.4, 0.5) is 0 Å². The Morgan fingerprint density at radius 2 is 2.24 bits per heavy atom. The van der Waals surface area contributed by atoms with E-state index in [4.69, 9.17) is 0 Å². The van der Waals surface area contributed by atoms with Gasteiger partial charge in [-0.2, -0.15) is 0 Å². The summed E-state index contributed by atoms with van der Waals surface area (Å²) in [5, 5.41) is 6.50. The minimum Gasteiger partial charge on any atom is -0.352 e. The molecule has 2 unspecified atom stereocenters. The highest BCUT2D eigenvalue weighted by atomic mass is 16.2. The van der Waals surface area contributed by atoms with E-state index >= 15 is 0 Å². The van der Waals surface area contributed by atoms with Gasteiger partial charge in [-0.15, -0.1) is 0 Å². The number of nitrogens with one attached hydrogen (secondary N) is 2. The maximum absolute atomic E-state index is 11.9. The van der Waals surface area contributed by atoms with Crippen LogP contribution in [0.1, 0.15) is 32.6 Å². The summed E-state index contributed by atoms with van der Waals surface area (Å²) >= 11 is 0. The maximum atomic E-state index is 11.9. The molecule has 2 N–H and O–H groups in total. The molecule has 1 saturated heterocycles. The third-order valence-corrected chi connectivity index (χ3v) is 3.91. The van der Waals surface area contributed by atoms with Crippen LogP contribution in [0.15, 0.2) is 0 Å². The number of nitrogens with zero attached hydrogens (tertiary/aromatic N) is 1. The van der Waals surface area contributed by atoms with Gasteiger partial charge in [0.2, 0.25) is 5.91 Å². The van der Waals surface area contributed by atoms with Crippen LogP contribution < -0.4 is 10.6 Å². The first-order valence-corrected chi connectivity index (χ1v) is 6.88. The van der Waals surface area contributed by atoms with Crippen LogP contribution >= 0.6 is 0 Å². The van der Waals surface area contributed by atoms with Crippen LogP contribution in [0.2, 0.25) is 0 Å². The van der Waals surface area contributed by atoms with Crippen LogP contribution in [-0.2, 0) is 4.79 Å². The second kappa shape index (κ2) is 5.83. The molecule has 1 saturated carbocycles. The second-order valence-electron chi connectivity index (χ2n) is 5.61. The number of hydrogen-bond acceptors (Lipinski definition) is 3. The molecule has 1 aliphatic carbocycles. The van der Waals surface area contributed by atoms with Crippen LogP contribution in [0.5, 0.6) is 0 Å². The van der Waals surface area contributed by atoms with Crippen molar-refractivity contribution in [2.24, 2.45) is 5.92 Å². The molecule has 2 fully saturated rings. The van der Waals surface area contributed by atoms with Gasteiger partial charge in [-0.1, -0.05) is 0 Å². The fourth-order valence-electron chi connectivity index (χ4n) is 2.39. The summed E-state index contributed by atoms with van der Waals surface area (Å²) in [5.41, 5.74) is 0. The van der Waals surface area contributed by atoms with E-state index in [0.29, 0.717) is 12.0 Å². The quantitative estimate of drug-likeness (QED) is 0.738. The average Bonchev–Trinajstić information content (AvgIpc) is 3.13. The van der Waals surface area contributed by atoms with Gasteiger partial charge in [-0.3, -0.25) is 9.69 Å². The molecule has 0 aromatic carbocycles. The highest BCUT2D eigenvalue weighted by Gasteiger charge is 2.28. The van der Waals surface area contributed by atoms with E-state index in [9.17, 15) is 4.79 Å². The van der Waals surface area contributed by atoms with Gasteiger partial charge in [0.15, 0.2) is 0 Å². The fourth-order valence-corrected chi connectivity index (χ4v) is 2.39. The molecular weight excluding hydrogens is 214 g/mol. The fraction of sp³-hybridized carbons (Fsp3) is 0.923. The summed E-state index contributed by atoms with van der Waals surface area (Å²) in [6.45, 7) is 5.28. The summed E-state index contributed by atoms with van der Waals surface area (Å²) in [6.07, 6.45) is 4.87. The van der Waals surface area contributed by atoms with Gasteiger partial charge in [-0.25, -0.2) is 0 Å². The number of hydrogen-bond donors (Lipinski definition) is 2. The van der Waals surface area contributed by atoms with E-state index in [1.54, 1.807) is 0 Å². The van der Waals surface area contributed by atoms with Gasteiger partial charge in [0.25, 0.3) is 0 Å². The number of carbonyl (C=O) groups excluding carboxylic acids is 1. The van der Waals surface area contributed by atoms with E-state index in [-0.39, 0.29) is 11.9 Å². The molecule has 1 amide bonds. The zero-order valence-electron chi connectivity index (χ0n) is 11.0. The smallest absolute Gasteiger partial charge is 0.237 e. The molecule has 2 rings (SSSR count). The molecule has 1 heterocycles. The van der Waals surface area contributed by atoms with Crippen molar-refractivity contribution < 1.29 is 4.79 Å². The zero-order valence-corrected chi connectivity index (χ0v) is 11.0. The number of piperidine rings is 1. The first kappa shape index (κ1) is 12.8. The van der Waals surface area contributed by atoms with Gasteiger partial charge in [0.05, 0.1) is 6.04 Å². The molecule has 0 bridgehead atoms. The van der Waals surface area contributed by atoms with Crippen molar-refractivity contribution in [3.05, 3.63) is 0 Å². The predicted octanol–water partition coefficient (Wildman–Crippen LogP) is 0.585. The van der Waals surface area contributed by atoms with Crippen molar-refractivity contribution in [3.63, 3.8) is 0 Å². The lowest BCUT2D eigenvalue weighted by Gasteiger charge is -2.30. The molecule has 0 radical (unpaired) electrons. The molecule has 4 nitrogen and oxygen atoms in total. The molecule has 0 spiro atoms. The van der Waals surface area contributed by atoms with Crippen LogP contribution in [0, 0.1) is 5.92 Å². The standard InChI is InChI=1S/C13H25N3O/c1-10(13(17)15-12-5-6-12)16(2)9-11-4-3-7-14-8-11/h10-12,14H,3-9H2,1-2H3,(H,15,17). The van der Waals surface area contributed by atoms with Gasteiger partial charge in [-0.05, 0) is 58.7 Å². The minimum absolute atomic E-state index is 0.00229. The molecule has 2 atom stereocenters. The first-order chi connectivity index (χ1) is 8.16. The lowest BCUT2D eigenvalue weighted by atomic mass is 9.99. The zero-order chi connectivity index (χ0) is 12.3. The van der Waals surface area contributed by atoms with Crippen molar-refractivity contribution in [1.29, 1.82) is 0 Å². The number of amides is 1. The normalized spacial score (nSPS) is 26.9. The van der Waals surface area contributed by atoms with Crippen molar-refractivity contribution in [2.45, 2.75) is 44.7 Å². The first-order valence-electron chi connectivity index (χ1n) is 6.88. The van der Waals surface area contributed by atoms with Gasteiger partial charge in [0.1, 0.15) is 0 Å². The van der Waals surface area contributed by atoms with Gasteiger partial charge >= 0.3 is 0 Å². The van der Waals surface area contributed by atoms with Crippen LogP contribution in [-0.4, -0.2) is 49.6 Å². The molecule has 1 aliphatic heterocycles. The summed E-state index contributed by atoms with van der Waals surface area (Å²) in [7, 11) is 2.06. The molecule has 4 heteroatoms. The maximum Gasteiger partial charge on any atom is 0.237 e. The highest BCUT2D eigenvalue weighted by molar-refractivity contribution is 5.81. The molecular formula is C13H25N3O. The number of carbonyl (C=O) groups is 1. The van der Waals surface area contributed by atoms with E-state index < -0.39 is 0 Å². The van der Waals surface area contributed by atoms with E-state index in [1.165, 1.54) is 12.8 Å². The van der Waals surface area contributed by atoms with Crippen LogP contribution in [0.3, 0.4) is 0 Å². The Labute approximate surface area is 104 Å². The summed E-state index contributed by atoms with van der Waals surface area (Å²) < 4.78 is 0. The Hall–Kier alpha value is -0.610. The van der Waals surface area contributed by atoms with Gasteiger partial charge < -0.3 is 10.6 Å². The Kier molecular flexibility index (Phi) is 4.40. The van der Waals surface area contributed by atoms with Crippen LogP contribution in [0.25, 0.3) is 0 Å². The van der Waals surface area contributed by atoms with Crippen molar-refractivity contribution in [2.75, 3.05) is 26.7 Å². The van der Waals surface area contributed by atoms with Crippen molar-refractivity contribution >= 4 is 5.91 Å². The predicted molar refractivity (Wildman–Crippen MR) is 68.9 cm³/mol. The lowest BCUT2D eigenvalue weighted by molar-refractivity contribution is -0.125. The molecule has 0 aromatic heterocycles. The summed E-state index contributed by atoms with van der Waals surface area (Å²) in [6, 6.07) is 0.465. The Bertz CT molecular complexity index is 259. The second-order valence-corrected chi connectivity index (χ2v) is 5.61. The van der Waals surface area contributed by atoms with Gasteiger partial charge in [0, 0.05) is 12.6 Å². The van der Waals surface area contributed by atoms with E-state index in [1.807, 2.05) is 6.92 Å². The largest absolute Gasteiger partial charge is 0.352 e. The van der Waals surface area contributed by atoms with Crippen molar-refractivity contribution in [1.82, 2.24) is 15.5 Å². The number of likely N-dealkylation sites (N-methyl/N-ethyl adjacent to an activating group) is 1. The number of rotatable bonds is 5. The molecule has 17 heavy (non-hydrogen) atoms. The molecule has 2 aliphatic rings. The average molecular weight is 239 g/mol. The SMILES string of the molecule is CC(C(=O)NC1CC1)N(C)CC1CCCNC1. The highest BCUT2D eigenvalue weighted by Crippen LogP contribution is 2.19. The lowest BCUT2D eigenvalue weighted by Crippen LogP contribution is -2.47. The monoisotopic (exact) mass is 239 g/mol. The van der Waals surface area contributed by atoms with Crippen molar-refractivity contribution in [3.8, 4) is 0 Å². The Balaban J connectivity index is 1.72. The van der Waals surface area contributed by atoms with E-state index in [0.717, 1.165) is 32.5 Å². The minimum atomic E-state index is -0.00229. The van der Waals surface area contributed by atoms with E-state index in [2.05, 4.69) is 22.6 Å². The molecule has 98 valence electrons. The third-order valence-electron chi connectivity index (χ3n) is 3.91. The Morgan fingerprint density at radius 3 is 2.82 bits per heavy atom. The third kappa shape index (κ3) is 3.96. The Morgan fingerprint density at radius 1 is 1.47 bits per heavy atom. The summed E-state index contributed by atoms with van der Waals surface area (Å²) in [5.74, 6) is 0.892. The summed E-state index contributed by atoms with van der Waals surface area (Å²) in [4.78, 5) is 14.1. The topological polar surface area (TPSA) is 44.4 Å². The molecule has 0 aromatic rings.